The molecule has 0 aliphatic carbocycles. The maximum Gasteiger partial charge on any atom is 0.255 e. The van der Waals surface area contributed by atoms with E-state index in [1.54, 1.807) is 17.5 Å². The summed E-state index contributed by atoms with van der Waals surface area (Å²) in [6.45, 7) is 2.46. The lowest BCUT2D eigenvalue weighted by molar-refractivity contribution is 0.0792. The molecule has 4 rings (SSSR count). The number of carbonyl (C=O) groups is 1. The summed E-state index contributed by atoms with van der Waals surface area (Å²) in [4.78, 5) is 18.6. The van der Waals surface area contributed by atoms with E-state index < -0.39 is 0 Å². The molecule has 1 amide bonds. The summed E-state index contributed by atoms with van der Waals surface area (Å²) in [5.41, 5.74) is 1.94. The first-order valence-electron chi connectivity index (χ1n) is 8.25. The van der Waals surface area contributed by atoms with Crippen molar-refractivity contribution in [2.24, 2.45) is 0 Å². The summed E-state index contributed by atoms with van der Waals surface area (Å²) >= 11 is 1.76. The highest BCUT2D eigenvalue weighted by atomic mass is 32.1. The molecule has 0 unspecified atom stereocenters. The fourth-order valence-corrected chi connectivity index (χ4v) is 4.05. The van der Waals surface area contributed by atoms with Gasteiger partial charge in [-0.15, -0.1) is 11.3 Å². The molecule has 1 aliphatic heterocycles. The quantitative estimate of drug-likeness (QED) is 0.778. The van der Waals surface area contributed by atoms with E-state index in [4.69, 9.17) is 0 Å². The largest absolute Gasteiger partial charge is 0.366 e. The Labute approximate surface area is 145 Å². The van der Waals surface area contributed by atoms with Gasteiger partial charge in [-0.3, -0.25) is 4.79 Å². The van der Waals surface area contributed by atoms with Crippen LogP contribution in [0.4, 0.5) is 5.82 Å². The van der Waals surface area contributed by atoms with Crippen LogP contribution in [0.15, 0.2) is 48.0 Å². The number of hydrogen-bond acceptors (Lipinski definition) is 4. The summed E-state index contributed by atoms with van der Waals surface area (Å²) in [7, 11) is 0. The predicted molar refractivity (Wildman–Crippen MR) is 98.5 cm³/mol. The van der Waals surface area contributed by atoms with Gasteiger partial charge in [0.1, 0.15) is 5.82 Å². The molecule has 0 atom stereocenters. The minimum Gasteiger partial charge on any atom is -0.366 e. The molecule has 1 aliphatic rings. The zero-order valence-electron chi connectivity index (χ0n) is 13.4. The van der Waals surface area contributed by atoms with E-state index in [1.165, 1.54) is 15.6 Å². The standard InChI is InChI=1S/C19H19N3OS/c23-19(22-9-3-4-10-22)14-7-8-18(20-11-14)21-12-15-13-24-17-6-2-1-5-16(15)17/h1-2,5-8,11,13H,3-4,9-10,12H2,(H,20,21). The molecular formula is C19H19N3OS. The van der Waals surface area contributed by atoms with Crippen LogP contribution in [0, 0.1) is 0 Å². The van der Waals surface area contributed by atoms with Crippen molar-refractivity contribution in [2.45, 2.75) is 19.4 Å². The van der Waals surface area contributed by atoms with Crippen molar-refractivity contribution in [3.63, 3.8) is 0 Å². The van der Waals surface area contributed by atoms with Crippen molar-refractivity contribution >= 4 is 33.1 Å². The number of nitrogens with zero attached hydrogens (tertiary/aromatic N) is 2. The average Bonchev–Trinajstić information content (AvgIpc) is 3.30. The number of rotatable bonds is 4. The maximum atomic E-state index is 12.3. The van der Waals surface area contributed by atoms with Crippen molar-refractivity contribution in [1.29, 1.82) is 0 Å². The Hall–Kier alpha value is -2.40. The lowest BCUT2D eigenvalue weighted by atomic mass is 10.2. The summed E-state index contributed by atoms with van der Waals surface area (Å²) in [5.74, 6) is 0.888. The van der Waals surface area contributed by atoms with Gasteiger partial charge < -0.3 is 10.2 Å². The molecule has 5 heteroatoms. The van der Waals surface area contributed by atoms with Gasteiger partial charge in [0.05, 0.1) is 5.56 Å². The number of thiophene rings is 1. The molecule has 122 valence electrons. The fraction of sp³-hybridized carbons (Fsp3) is 0.263. The molecule has 4 nitrogen and oxygen atoms in total. The normalized spacial score (nSPS) is 14.2. The minimum atomic E-state index is 0.0929. The number of hydrogen-bond donors (Lipinski definition) is 1. The van der Waals surface area contributed by atoms with Crippen LogP contribution >= 0.6 is 11.3 Å². The van der Waals surface area contributed by atoms with Gasteiger partial charge in [0.2, 0.25) is 0 Å². The Morgan fingerprint density at radius 2 is 2.00 bits per heavy atom. The summed E-state index contributed by atoms with van der Waals surface area (Å²) in [6, 6.07) is 12.2. The van der Waals surface area contributed by atoms with Gasteiger partial charge in [0, 0.05) is 30.5 Å². The molecule has 24 heavy (non-hydrogen) atoms. The number of amides is 1. The Balaban J connectivity index is 1.43. The Bertz CT molecular complexity index is 850. The van der Waals surface area contributed by atoms with Crippen LogP contribution in [0.5, 0.6) is 0 Å². The Morgan fingerprint density at radius 1 is 1.17 bits per heavy atom. The van der Waals surface area contributed by atoms with Crippen LogP contribution in [0.2, 0.25) is 0 Å². The average molecular weight is 337 g/mol. The van der Waals surface area contributed by atoms with E-state index >= 15 is 0 Å². The third-order valence-corrected chi connectivity index (χ3v) is 5.44. The van der Waals surface area contributed by atoms with Gasteiger partial charge in [-0.05, 0) is 47.4 Å². The monoisotopic (exact) mass is 337 g/mol. The first-order chi connectivity index (χ1) is 11.8. The minimum absolute atomic E-state index is 0.0929. The predicted octanol–water partition coefficient (Wildman–Crippen LogP) is 4.14. The second-order valence-electron chi connectivity index (χ2n) is 6.04. The second kappa shape index (κ2) is 6.61. The van der Waals surface area contributed by atoms with E-state index in [9.17, 15) is 4.79 Å². The number of likely N-dealkylation sites (tertiary alicyclic amines) is 1. The van der Waals surface area contributed by atoms with Gasteiger partial charge >= 0.3 is 0 Å². The van der Waals surface area contributed by atoms with Gasteiger partial charge in [-0.1, -0.05) is 18.2 Å². The zero-order valence-corrected chi connectivity index (χ0v) is 14.2. The third-order valence-electron chi connectivity index (χ3n) is 4.42. The molecule has 0 bridgehead atoms. The highest BCUT2D eigenvalue weighted by molar-refractivity contribution is 7.17. The molecule has 2 aromatic heterocycles. The van der Waals surface area contributed by atoms with Gasteiger partial charge in [-0.25, -0.2) is 4.98 Å². The van der Waals surface area contributed by atoms with E-state index in [-0.39, 0.29) is 5.91 Å². The van der Waals surface area contributed by atoms with Crippen molar-refractivity contribution in [3.8, 4) is 0 Å². The van der Waals surface area contributed by atoms with E-state index in [1.807, 2.05) is 17.0 Å². The molecule has 3 aromatic rings. The van der Waals surface area contributed by atoms with Crippen molar-refractivity contribution in [3.05, 3.63) is 59.1 Å². The van der Waals surface area contributed by atoms with Crippen molar-refractivity contribution in [1.82, 2.24) is 9.88 Å². The topological polar surface area (TPSA) is 45.2 Å². The Morgan fingerprint density at radius 3 is 2.79 bits per heavy atom. The molecule has 0 saturated carbocycles. The molecule has 0 spiro atoms. The van der Waals surface area contributed by atoms with Crippen LogP contribution in [0.3, 0.4) is 0 Å². The van der Waals surface area contributed by atoms with Gasteiger partial charge in [-0.2, -0.15) is 0 Å². The number of nitrogens with one attached hydrogen (secondary N) is 1. The Kier molecular flexibility index (Phi) is 4.17. The van der Waals surface area contributed by atoms with Crippen molar-refractivity contribution in [2.75, 3.05) is 18.4 Å². The van der Waals surface area contributed by atoms with E-state index in [0.29, 0.717) is 5.56 Å². The number of pyridine rings is 1. The highest BCUT2D eigenvalue weighted by Gasteiger charge is 2.19. The fourth-order valence-electron chi connectivity index (χ4n) is 3.08. The van der Waals surface area contributed by atoms with Crippen LogP contribution in [0.25, 0.3) is 10.1 Å². The first-order valence-corrected chi connectivity index (χ1v) is 9.13. The van der Waals surface area contributed by atoms with Gasteiger partial charge in [0.15, 0.2) is 0 Å². The summed E-state index contributed by atoms with van der Waals surface area (Å²) < 4.78 is 1.30. The number of anilines is 1. The van der Waals surface area contributed by atoms with Crippen molar-refractivity contribution < 1.29 is 4.79 Å². The summed E-state index contributed by atoms with van der Waals surface area (Å²) in [5, 5.41) is 6.82. The maximum absolute atomic E-state index is 12.3. The number of benzene rings is 1. The van der Waals surface area contributed by atoms with E-state index in [0.717, 1.165) is 38.3 Å². The molecule has 1 aromatic carbocycles. The molecule has 1 fully saturated rings. The third kappa shape index (κ3) is 2.99. The first kappa shape index (κ1) is 15.1. The van der Waals surface area contributed by atoms with Crippen LogP contribution in [-0.2, 0) is 6.54 Å². The number of fused-ring (bicyclic) bond motifs is 1. The molecule has 3 heterocycles. The van der Waals surface area contributed by atoms with Gasteiger partial charge in [0.25, 0.3) is 5.91 Å². The highest BCUT2D eigenvalue weighted by Crippen LogP contribution is 2.26. The second-order valence-corrected chi connectivity index (χ2v) is 6.95. The van der Waals surface area contributed by atoms with Crippen LogP contribution in [-0.4, -0.2) is 28.9 Å². The molecule has 0 radical (unpaired) electrons. The molecular weight excluding hydrogens is 318 g/mol. The zero-order chi connectivity index (χ0) is 16.4. The molecule has 1 saturated heterocycles. The van der Waals surface area contributed by atoms with E-state index in [2.05, 4.69) is 39.9 Å². The number of aromatic nitrogens is 1. The number of carbonyl (C=O) groups excluding carboxylic acids is 1. The lowest BCUT2D eigenvalue weighted by Gasteiger charge is -2.15. The van der Waals surface area contributed by atoms with Crippen LogP contribution in [0.1, 0.15) is 28.8 Å². The summed E-state index contributed by atoms with van der Waals surface area (Å²) in [6.07, 6.45) is 3.88. The van der Waals surface area contributed by atoms with Crippen LogP contribution < -0.4 is 5.32 Å². The SMILES string of the molecule is O=C(c1ccc(NCc2csc3ccccc23)nc1)N1CCCC1. The lowest BCUT2D eigenvalue weighted by Crippen LogP contribution is -2.27. The smallest absolute Gasteiger partial charge is 0.255 e. The molecule has 1 N–H and O–H groups in total.